The third kappa shape index (κ3) is 8.60. The van der Waals surface area contributed by atoms with Crippen LogP contribution in [0.5, 0.6) is 0 Å². The maximum absolute atomic E-state index is 13.7. The monoisotopic (exact) mass is 831 g/mol. The lowest BCUT2D eigenvalue weighted by molar-refractivity contribution is -0.160. The lowest BCUT2D eigenvalue weighted by atomic mass is 9.95. The average molecular weight is 832 g/mol. The number of hydrogen-bond donors (Lipinski definition) is 7. The van der Waals surface area contributed by atoms with E-state index in [2.05, 4.69) is 36.9 Å². The number of aldehydes is 1. The number of nitrogens with one attached hydrogen (secondary N) is 4. The molecule has 7 N–H and O–H groups in total. The van der Waals surface area contributed by atoms with E-state index in [9.17, 15) is 43.8 Å². The van der Waals surface area contributed by atoms with Crippen molar-refractivity contribution in [1.29, 1.82) is 0 Å². The van der Waals surface area contributed by atoms with Crippen LogP contribution in [-0.2, 0) is 30.4 Å². The van der Waals surface area contributed by atoms with Crippen molar-refractivity contribution < 1.29 is 48.9 Å². The van der Waals surface area contributed by atoms with E-state index in [0.717, 1.165) is 4.68 Å². The Hall–Kier alpha value is -7.13. The minimum absolute atomic E-state index is 0.0113. The van der Waals surface area contributed by atoms with Gasteiger partial charge in [0.2, 0.25) is 18.1 Å². The van der Waals surface area contributed by atoms with Crippen LogP contribution in [0.3, 0.4) is 0 Å². The quantitative estimate of drug-likeness (QED) is 0.0542. The third-order valence-corrected chi connectivity index (χ3v) is 10.1. The summed E-state index contributed by atoms with van der Waals surface area (Å²) in [6.45, 7) is 0.756. The summed E-state index contributed by atoms with van der Waals surface area (Å²) in [5.41, 5.74) is 0.497. The number of nitrogens with zero attached hydrogens (tertiary/aromatic N) is 7. The molecule has 1 aromatic heterocycles. The number of fused-ring (bicyclic) bond motifs is 1. The van der Waals surface area contributed by atoms with E-state index in [1.54, 1.807) is 29.2 Å². The lowest BCUT2D eigenvalue weighted by Gasteiger charge is -2.44. The number of carboxylic acids is 1. The van der Waals surface area contributed by atoms with E-state index in [1.165, 1.54) is 48.8 Å². The molecule has 4 aromatic rings. The summed E-state index contributed by atoms with van der Waals surface area (Å²) in [4.78, 5) is 93.4. The maximum Gasteiger partial charge on any atom is 0.414 e. The molecule has 22 heteroatoms. The van der Waals surface area contributed by atoms with Crippen LogP contribution in [0.25, 0.3) is 5.69 Å². The molecule has 2 atom stereocenters. The average Bonchev–Trinajstić information content (AvgIpc) is 3.87. The number of anilines is 3. The SMILES string of the molecule is O=CC(=O)N(Nc1cc(Cl)ccc1-n1cnnn1)C1(C(=O)O)C(NC(=O)CCc2ccc(NC(=O)N3CCC(C(=O)NCCO)CC3)cc2)c2ccccc2N1C(=O)O. The van der Waals surface area contributed by atoms with E-state index in [0.29, 0.717) is 47.1 Å². The number of likely N-dealkylation sites (tertiary alicyclic amines) is 1. The fourth-order valence-electron chi connectivity index (χ4n) is 7.10. The molecular weight excluding hydrogens is 794 g/mol. The molecular formula is C37H38ClN11O10. The molecule has 21 nitrogen and oxygen atoms in total. The fourth-order valence-corrected chi connectivity index (χ4v) is 7.28. The first-order valence-corrected chi connectivity index (χ1v) is 18.5. The zero-order chi connectivity index (χ0) is 42.3. The van der Waals surface area contributed by atoms with Crippen LogP contribution in [-0.4, -0.2) is 119 Å². The molecule has 2 aliphatic rings. The Kier molecular flexibility index (Phi) is 12.7. The Bertz CT molecular complexity index is 2240. The second-order valence-corrected chi connectivity index (χ2v) is 13.9. The van der Waals surface area contributed by atoms with Gasteiger partial charge in [-0.3, -0.25) is 24.6 Å². The molecule has 2 unspecified atom stereocenters. The third-order valence-electron chi connectivity index (χ3n) is 9.90. The molecule has 6 amide bonds. The summed E-state index contributed by atoms with van der Waals surface area (Å²) in [5.74, 6) is -4.59. The van der Waals surface area contributed by atoms with Crippen molar-refractivity contribution >= 4 is 70.8 Å². The van der Waals surface area contributed by atoms with Crippen LogP contribution < -0.4 is 26.3 Å². The van der Waals surface area contributed by atoms with Gasteiger partial charge in [0.1, 0.15) is 12.4 Å². The van der Waals surface area contributed by atoms with Gasteiger partial charge in [-0.25, -0.2) is 24.3 Å². The largest absolute Gasteiger partial charge is 0.478 e. The topological polar surface area (TPSA) is 282 Å². The van der Waals surface area contributed by atoms with E-state index < -0.39 is 35.6 Å². The molecule has 0 aliphatic carbocycles. The molecule has 1 fully saturated rings. The van der Waals surface area contributed by atoms with Crippen molar-refractivity contribution in [2.24, 2.45) is 5.92 Å². The first-order valence-electron chi connectivity index (χ1n) is 18.2. The highest BCUT2D eigenvalue weighted by Gasteiger charge is 2.66. The van der Waals surface area contributed by atoms with Crippen molar-refractivity contribution in [3.63, 3.8) is 0 Å². The van der Waals surface area contributed by atoms with Gasteiger partial charge in [-0.2, -0.15) is 4.68 Å². The number of aromatic nitrogens is 4. The molecule has 1 saturated heterocycles. The number of carbonyl (C=O) groups is 7. The van der Waals surface area contributed by atoms with Crippen molar-refractivity contribution in [3.8, 4) is 5.69 Å². The summed E-state index contributed by atoms with van der Waals surface area (Å²) in [6.07, 6.45) is -0.00788. The zero-order valence-corrected chi connectivity index (χ0v) is 31.8. The molecule has 0 radical (unpaired) electrons. The van der Waals surface area contributed by atoms with Gasteiger partial charge >= 0.3 is 24.0 Å². The number of aliphatic hydroxyl groups excluding tert-OH is 1. The number of amides is 6. The Balaban J connectivity index is 1.21. The smallest absolute Gasteiger partial charge is 0.414 e. The number of piperidine rings is 1. The number of hydrazine groups is 1. The summed E-state index contributed by atoms with van der Waals surface area (Å²) >= 11 is 6.27. The maximum atomic E-state index is 13.7. The van der Waals surface area contributed by atoms with Gasteiger partial charge in [-0.05, 0) is 71.7 Å². The number of hydrogen-bond acceptors (Lipinski definition) is 12. The van der Waals surface area contributed by atoms with E-state index in [-0.39, 0.29) is 77.8 Å². The Morgan fingerprint density at radius 2 is 1.69 bits per heavy atom. The molecule has 308 valence electrons. The van der Waals surface area contributed by atoms with Crippen LogP contribution >= 0.6 is 11.6 Å². The minimum Gasteiger partial charge on any atom is -0.478 e. The predicted octanol–water partition coefficient (Wildman–Crippen LogP) is 1.79. The molecule has 6 rings (SSSR count). The summed E-state index contributed by atoms with van der Waals surface area (Å²) in [5, 5.41) is 50.0. The van der Waals surface area contributed by atoms with Crippen LogP contribution in [0.4, 0.5) is 26.7 Å². The van der Waals surface area contributed by atoms with Gasteiger partial charge < -0.3 is 36.2 Å². The van der Waals surface area contributed by atoms with Gasteiger partial charge in [0, 0.05) is 48.2 Å². The lowest BCUT2D eigenvalue weighted by Crippen LogP contribution is -2.72. The Morgan fingerprint density at radius 3 is 2.34 bits per heavy atom. The van der Waals surface area contributed by atoms with Crippen LogP contribution in [0.2, 0.25) is 5.02 Å². The number of urea groups is 1. The number of carbonyl (C=O) groups excluding carboxylic acids is 5. The highest BCUT2D eigenvalue weighted by Crippen LogP contribution is 2.49. The number of tetrazole rings is 1. The van der Waals surface area contributed by atoms with Crippen molar-refractivity contribution in [2.45, 2.75) is 37.4 Å². The molecule has 3 heterocycles. The van der Waals surface area contributed by atoms with Crippen molar-refractivity contribution in [1.82, 2.24) is 40.7 Å². The summed E-state index contributed by atoms with van der Waals surface area (Å²) in [6, 6.07) is 14.3. The number of aryl methyl sites for hydroxylation is 1. The molecule has 59 heavy (non-hydrogen) atoms. The zero-order valence-electron chi connectivity index (χ0n) is 31.0. The fraction of sp³-hybridized carbons (Fsp3) is 0.297. The molecule has 3 aromatic carbocycles. The number of benzene rings is 3. The Morgan fingerprint density at radius 1 is 0.966 bits per heavy atom. The number of carboxylic acid groups (broad SMARTS) is 2. The number of aliphatic hydroxyl groups is 1. The highest BCUT2D eigenvalue weighted by atomic mass is 35.5. The van der Waals surface area contributed by atoms with Gasteiger partial charge in [0.15, 0.2) is 0 Å². The van der Waals surface area contributed by atoms with E-state index >= 15 is 0 Å². The van der Waals surface area contributed by atoms with E-state index in [1.807, 2.05) is 0 Å². The number of rotatable bonds is 14. The number of aliphatic carboxylic acids is 1. The van der Waals surface area contributed by atoms with Gasteiger partial charge in [0.25, 0.3) is 5.66 Å². The number of halogens is 1. The molecule has 0 bridgehead atoms. The van der Waals surface area contributed by atoms with Crippen LogP contribution in [0.15, 0.2) is 73.1 Å². The summed E-state index contributed by atoms with van der Waals surface area (Å²) in [7, 11) is 0. The normalized spacial score (nSPS) is 17.4. The standard InChI is InChI=1S/C37H38ClN11O10/c38-24-8-11-29(47-21-40-44-45-47)27(19-24)43-49(31(53)20-51)37(34(55)56)32(26-3-1-2-4-28(26)48(37)36(58)59)42-30(52)12-7-22-5-9-25(10-6-22)41-35(57)46-16-13-23(14-17-46)33(54)39-15-18-50/h1-6,8-11,19-21,23,32,43,50H,7,12-18H2,(H,39,54)(H,41,57)(H,42,52)(H,55,56)(H,58,59). The minimum atomic E-state index is -3.05. The molecule has 0 saturated carbocycles. The predicted molar refractivity (Wildman–Crippen MR) is 207 cm³/mol. The van der Waals surface area contributed by atoms with E-state index in [4.69, 9.17) is 16.7 Å². The Labute approximate surface area is 339 Å². The second-order valence-electron chi connectivity index (χ2n) is 13.4. The van der Waals surface area contributed by atoms with Gasteiger partial charge in [-0.1, -0.05) is 41.9 Å². The van der Waals surface area contributed by atoms with Crippen LogP contribution in [0, 0.1) is 5.92 Å². The highest BCUT2D eigenvalue weighted by molar-refractivity contribution is 6.31. The van der Waals surface area contributed by atoms with Crippen molar-refractivity contribution in [3.05, 3.63) is 89.2 Å². The van der Waals surface area contributed by atoms with Crippen LogP contribution in [0.1, 0.15) is 36.4 Å². The van der Waals surface area contributed by atoms with Gasteiger partial charge in [-0.15, -0.1) is 5.10 Å². The summed E-state index contributed by atoms with van der Waals surface area (Å²) < 4.78 is 1.14. The number of para-hydroxylation sites is 1. The second kappa shape index (κ2) is 18.0. The van der Waals surface area contributed by atoms with Gasteiger partial charge in [0.05, 0.1) is 23.7 Å². The first kappa shape index (κ1) is 41.5. The van der Waals surface area contributed by atoms with Crippen molar-refractivity contribution in [2.75, 3.05) is 41.9 Å². The molecule has 0 spiro atoms. The first-order chi connectivity index (χ1) is 28.4. The molecule has 2 aliphatic heterocycles.